The average molecular weight is 724 g/mol. The summed E-state index contributed by atoms with van der Waals surface area (Å²) in [7, 11) is 0. The van der Waals surface area contributed by atoms with Crippen molar-refractivity contribution in [3.05, 3.63) is 215 Å². The van der Waals surface area contributed by atoms with E-state index in [1.54, 1.807) is 0 Å². The van der Waals surface area contributed by atoms with Crippen molar-refractivity contribution in [2.75, 3.05) is 0 Å². The van der Waals surface area contributed by atoms with Gasteiger partial charge in [-0.05, 0) is 118 Å². The fourth-order valence-electron chi connectivity index (χ4n) is 9.62. The number of hydrogen-bond acceptors (Lipinski definition) is 0. The third-order valence-corrected chi connectivity index (χ3v) is 12.0. The summed E-state index contributed by atoms with van der Waals surface area (Å²) >= 11 is 3.90. The summed E-state index contributed by atoms with van der Waals surface area (Å²) in [4.78, 5) is 0. The highest BCUT2D eigenvalue weighted by molar-refractivity contribution is 9.10. The molecule has 9 aromatic carbocycles. The van der Waals surface area contributed by atoms with Gasteiger partial charge < -0.3 is 0 Å². The summed E-state index contributed by atoms with van der Waals surface area (Å²) in [5, 5.41) is 5.20. The fraction of sp³-hybridized carbons (Fsp3) is 0.0196. The predicted molar refractivity (Wildman–Crippen MR) is 222 cm³/mol. The van der Waals surface area contributed by atoms with E-state index in [0.717, 1.165) is 4.47 Å². The van der Waals surface area contributed by atoms with Gasteiger partial charge in [-0.15, -0.1) is 0 Å². The maximum atomic E-state index is 3.90. The molecule has 52 heavy (non-hydrogen) atoms. The fourth-order valence-corrected chi connectivity index (χ4v) is 9.98. The van der Waals surface area contributed by atoms with Crippen LogP contribution >= 0.6 is 15.9 Å². The second-order valence-electron chi connectivity index (χ2n) is 14.0. The van der Waals surface area contributed by atoms with E-state index in [-0.39, 0.29) is 0 Å². The molecule has 0 nitrogen and oxygen atoms in total. The van der Waals surface area contributed by atoms with E-state index in [1.807, 2.05) is 0 Å². The zero-order valence-electron chi connectivity index (χ0n) is 28.3. The Morgan fingerprint density at radius 2 is 0.827 bits per heavy atom. The van der Waals surface area contributed by atoms with Crippen LogP contribution in [-0.2, 0) is 5.41 Å². The third-order valence-electron chi connectivity index (χ3n) is 11.5. The molecule has 2 aliphatic carbocycles. The van der Waals surface area contributed by atoms with E-state index >= 15 is 0 Å². The van der Waals surface area contributed by atoms with Crippen LogP contribution in [0.4, 0.5) is 0 Å². The monoisotopic (exact) mass is 722 g/mol. The van der Waals surface area contributed by atoms with Gasteiger partial charge in [0.15, 0.2) is 0 Å². The Morgan fingerprint density at radius 1 is 0.327 bits per heavy atom. The Morgan fingerprint density at radius 3 is 1.40 bits per heavy atom. The highest BCUT2D eigenvalue weighted by Gasteiger charge is 2.48. The minimum Gasteiger partial charge on any atom is -0.0622 e. The average Bonchev–Trinajstić information content (AvgIpc) is 3.69. The van der Waals surface area contributed by atoms with E-state index in [2.05, 4.69) is 204 Å². The van der Waals surface area contributed by atoms with Crippen molar-refractivity contribution < 1.29 is 0 Å². The number of halogens is 1. The summed E-state index contributed by atoms with van der Waals surface area (Å²) in [6, 6.07) is 69.8. The van der Waals surface area contributed by atoms with Gasteiger partial charge in [0.25, 0.3) is 0 Å². The van der Waals surface area contributed by atoms with Crippen molar-refractivity contribution in [2.24, 2.45) is 0 Å². The molecule has 0 saturated carbocycles. The maximum Gasteiger partial charge on any atom is 0.0714 e. The number of rotatable bonds is 4. The molecule has 0 N–H and O–H groups in total. The SMILES string of the molecule is Brc1ccc2c(c1)C(c1ccccc1)(c1ccccc1)c1cc3c4c(cccc4c1-2)-c1c-3c(-c2ccccc2)c2ccccc2c1-c1ccccc1. The zero-order valence-corrected chi connectivity index (χ0v) is 29.9. The molecule has 0 atom stereocenters. The van der Waals surface area contributed by atoms with Crippen molar-refractivity contribution in [3.8, 4) is 55.6 Å². The molecule has 9 aromatic rings. The molecule has 0 unspecified atom stereocenters. The molecule has 2 aliphatic rings. The minimum absolute atomic E-state index is 0.521. The summed E-state index contributed by atoms with van der Waals surface area (Å²) in [6.45, 7) is 0. The van der Waals surface area contributed by atoms with Crippen molar-refractivity contribution in [1.82, 2.24) is 0 Å². The number of fused-ring (bicyclic) bond motifs is 8. The van der Waals surface area contributed by atoms with E-state index in [9.17, 15) is 0 Å². The molecule has 0 fully saturated rings. The lowest BCUT2D eigenvalue weighted by Crippen LogP contribution is -2.28. The lowest BCUT2D eigenvalue weighted by atomic mass is 9.67. The molecular formula is C51H31Br. The van der Waals surface area contributed by atoms with Gasteiger partial charge >= 0.3 is 0 Å². The quantitative estimate of drug-likeness (QED) is 0.170. The molecule has 0 amide bonds. The van der Waals surface area contributed by atoms with Crippen LogP contribution in [0.2, 0.25) is 0 Å². The lowest BCUT2D eigenvalue weighted by Gasteiger charge is -2.34. The van der Waals surface area contributed by atoms with Crippen LogP contribution in [0, 0.1) is 0 Å². The Hall–Kier alpha value is -6.02. The highest BCUT2D eigenvalue weighted by Crippen LogP contribution is 2.64. The predicted octanol–water partition coefficient (Wildman–Crippen LogP) is 14.1. The van der Waals surface area contributed by atoms with Crippen LogP contribution in [0.5, 0.6) is 0 Å². The molecular weight excluding hydrogens is 692 g/mol. The molecule has 0 heterocycles. The van der Waals surface area contributed by atoms with Crippen molar-refractivity contribution >= 4 is 37.5 Å². The second-order valence-corrected chi connectivity index (χ2v) is 14.9. The highest BCUT2D eigenvalue weighted by atomic mass is 79.9. The first-order valence-corrected chi connectivity index (χ1v) is 18.8. The minimum atomic E-state index is -0.521. The number of benzene rings is 9. The summed E-state index contributed by atoms with van der Waals surface area (Å²) in [6.07, 6.45) is 0. The van der Waals surface area contributed by atoms with Crippen molar-refractivity contribution in [2.45, 2.75) is 5.41 Å². The molecule has 0 spiro atoms. The number of hydrogen-bond donors (Lipinski definition) is 0. The molecule has 0 saturated heterocycles. The van der Waals surface area contributed by atoms with Gasteiger partial charge in [0, 0.05) is 4.47 Å². The zero-order chi connectivity index (χ0) is 34.4. The van der Waals surface area contributed by atoms with Crippen LogP contribution < -0.4 is 0 Å². The Kier molecular flexibility index (Phi) is 6.42. The topological polar surface area (TPSA) is 0 Å². The van der Waals surface area contributed by atoms with Crippen molar-refractivity contribution in [1.29, 1.82) is 0 Å². The normalized spacial score (nSPS) is 13.2. The smallest absolute Gasteiger partial charge is 0.0622 e. The van der Waals surface area contributed by atoms with Crippen LogP contribution in [-0.4, -0.2) is 0 Å². The molecule has 242 valence electrons. The van der Waals surface area contributed by atoms with Gasteiger partial charge in [-0.2, -0.15) is 0 Å². The van der Waals surface area contributed by atoms with E-state index in [1.165, 1.54) is 99.4 Å². The summed E-state index contributed by atoms with van der Waals surface area (Å²) in [5.41, 5.74) is 17.6. The molecule has 11 rings (SSSR count). The lowest BCUT2D eigenvalue weighted by molar-refractivity contribution is 0.769. The molecule has 1 heteroatoms. The van der Waals surface area contributed by atoms with Gasteiger partial charge in [0.05, 0.1) is 5.41 Å². The molecule has 0 bridgehead atoms. The molecule has 0 aromatic heterocycles. The third kappa shape index (κ3) is 3.92. The summed E-state index contributed by atoms with van der Waals surface area (Å²) < 4.78 is 1.09. The van der Waals surface area contributed by atoms with E-state index in [4.69, 9.17) is 0 Å². The molecule has 0 radical (unpaired) electrons. The van der Waals surface area contributed by atoms with Crippen molar-refractivity contribution in [3.63, 3.8) is 0 Å². The van der Waals surface area contributed by atoms with Gasteiger partial charge in [-0.3, -0.25) is 0 Å². The first kappa shape index (κ1) is 29.7. The van der Waals surface area contributed by atoms with Gasteiger partial charge in [-0.25, -0.2) is 0 Å². The van der Waals surface area contributed by atoms with Crippen LogP contribution in [0.25, 0.3) is 77.2 Å². The first-order valence-electron chi connectivity index (χ1n) is 18.0. The first-order chi connectivity index (χ1) is 25.7. The van der Waals surface area contributed by atoms with Gasteiger partial charge in [-0.1, -0.05) is 186 Å². The van der Waals surface area contributed by atoms with Crippen LogP contribution in [0.3, 0.4) is 0 Å². The van der Waals surface area contributed by atoms with Crippen LogP contribution in [0.1, 0.15) is 22.3 Å². The second kappa shape index (κ2) is 11.2. The maximum absolute atomic E-state index is 3.90. The van der Waals surface area contributed by atoms with Crippen LogP contribution in [0.15, 0.2) is 193 Å². The van der Waals surface area contributed by atoms with E-state index < -0.39 is 5.41 Å². The Bertz CT molecular complexity index is 2830. The summed E-state index contributed by atoms with van der Waals surface area (Å²) in [5.74, 6) is 0. The van der Waals surface area contributed by atoms with E-state index in [0.29, 0.717) is 0 Å². The Balaban J connectivity index is 1.38. The standard InChI is InChI=1S/C51H31Br/c52-36-28-29-39-43(30-36)51(34-20-9-3-10-21-34,35-22-11-4-12-23-35)44-31-42-47-40(48(39)44)26-15-27-41(47)49-45(32-16-5-1-6-17-32)37-24-13-14-25-38(37)46(50(42)49)33-18-7-2-8-19-33/h1-31H. The largest absolute Gasteiger partial charge is 0.0714 e. The Labute approximate surface area is 311 Å². The van der Waals surface area contributed by atoms with Gasteiger partial charge in [0.1, 0.15) is 0 Å². The van der Waals surface area contributed by atoms with Gasteiger partial charge in [0.2, 0.25) is 0 Å². The molecule has 0 aliphatic heterocycles.